The minimum atomic E-state index is -0.464. The molecule has 3 atom stereocenters. The average molecular weight is 787 g/mol. The molecule has 0 bridgehead atoms. The summed E-state index contributed by atoms with van der Waals surface area (Å²) in [7, 11) is 0. The third-order valence-electron chi connectivity index (χ3n) is 12.8. The average Bonchev–Trinajstić information content (AvgIpc) is 3.62. The van der Waals surface area contributed by atoms with Gasteiger partial charge in [0.05, 0.1) is 11.1 Å². The van der Waals surface area contributed by atoms with Crippen LogP contribution in [0, 0.1) is 5.92 Å². The van der Waals surface area contributed by atoms with Crippen molar-refractivity contribution in [2.75, 3.05) is 0 Å². The fraction of sp³-hybridized carbons (Fsp3) is 0.0909. The smallest absolute Gasteiger partial charge is 0.163 e. The van der Waals surface area contributed by atoms with Crippen LogP contribution in [0.5, 0.6) is 0 Å². The van der Waals surface area contributed by atoms with Gasteiger partial charge in [0.15, 0.2) is 11.6 Å². The molecule has 8 aromatic rings. The van der Waals surface area contributed by atoms with Gasteiger partial charge >= 0.3 is 0 Å². The van der Waals surface area contributed by atoms with Gasteiger partial charge in [0.1, 0.15) is 5.82 Å². The number of hydrogen-bond acceptors (Lipinski definition) is 5. The summed E-state index contributed by atoms with van der Waals surface area (Å²) < 4.78 is 0. The number of allylic oxidation sites excluding steroid dienone is 7. The summed E-state index contributed by atoms with van der Waals surface area (Å²) in [5.74, 6) is 2.40. The van der Waals surface area contributed by atoms with E-state index < -0.39 is 5.41 Å². The molecule has 0 saturated heterocycles. The van der Waals surface area contributed by atoms with Gasteiger partial charge in [0, 0.05) is 50.3 Å². The van der Waals surface area contributed by atoms with Crippen molar-refractivity contribution in [3.05, 3.63) is 229 Å². The van der Waals surface area contributed by atoms with Crippen LogP contribution in [0.4, 0.5) is 0 Å². The molecule has 4 aliphatic rings. The second kappa shape index (κ2) is 14.1. The van der Waals surface area contributed by atoms with E-state index in [9.17, 15) is 0 Å². The number of nitrogens with zero attached hydrogens (tertiary/aromatic N) is 4. The Hall–Kier alpha value is -6.95. The van der Waals surface area contributed by atoms with Crippen LogP contribution in [-0.4, -0.2) is 25.2 Å². The lowest BCUT2D eigenvalue weighted by molar-refractivity contribution is 0.453. The van der Waals surface area contributed by atoms with Crippen molar-refractivity contribution in [2.45, 2.75) is 27.9 Å². The lowest BCUT2D eigenvalue weighted by atomic mass is 9.60. The highest BCUT2D eigenvalue weighted by molar-refractivity contribution is 8.00. The number of pyridine rings is 1. The van der Waals surface area contributed by atoms with Crippen molar-refractivity contribution in [1.82, 2.24) is 19.9 Å². The van der Waals surface area contributed by atoms with Crippen LogP contribution in [0.3, 0.4) is 0 Å². The summed E-state index contributed by atoms with van der Waals surface area (Å²) in [6.07, 6.45) is 18.4. The number of rotatable bonds is 5. The minimum absolute atomic E-state index is 0.00792. The fourth-order valence-corrected chi connectivity index (χ4v) is 11.8. The highest BCUT2D eigenvalue weighted by Gasteiger charge is 2.56. The molecule has 3 unspecified atom stereocenters. The monoisotopic (exact) mass is 786 g/mol. The molecule has 1 aliphatic heterocycles. The maximum absolute atomic E-state index is 5.38. The zero-order valence-electron chi connectivity index (χ0n) is 32.7. The van der Waals surface area contributed by atoms with Crippen LogP contribution in [0.15, 0.2) is 205 Å². The van der Waals surface area contributed by atoms with Gasteiger partial charge in [-0.05, 0) is 62.9 Å². The van der Waals surface area contributed by atoms with Crippen LogP contribution in [0.25, 0.3) is 61.2 Å². The predicted molar refractivity (Wildman–Crippen MR) is 246 cm³/mol. The quantitative estimate of drug-likeness (QED) is 0.174. The van der Waals surface area contributed by atoms with Crippen LogP contribution >= 0.6 is 11.8 Å². The Bertz CT molecular complexity index is 3090. The Morgan fingerprint density at radius 2 is 1.25 bits per heavy atom. The largest absolute Gasteiger partial charge is 0.256 e. The van der Waals surface area contributed by atoms with Gasteiger partial charge in [0.25, 0.3) is 0 Å². The van der Waals surface area contributed by atoms with Crippen molar-refractivity contribution < 1.29 is 0 Å². The SMILES string of the molecule is C1=CCC(c2nc(C3=CC=CC4C3Sc3c(-c5cccc(-c6nccc7ccccc67)c5)cccc3C43c4ccccc4-c4ccccc43)nc(-c3ccccc3)n2)C=C1. The maximum atomic E-state index is 5.38. The molecule has 0 fully saturated rings. The molecule has 5 heteroatoms. The second-order valence-corrected chi connectivity index (χ2v) is 17.1. The van der Waals surface area contributed by atoms with E-state index in [2.05, 4.69) is 188 Å². The molecule has 6 aromatic carbocycles. The molecule has 0 saturated carbocycles. The van der Waals surface area contributed by atoms with E-state index in [1.807, 2.05) is 24.0 Å². The zero-order valence-corrected chi connectivity index (χ0v) is 33.5. The zero-order chi connectivity index (χ0) is 39.6. The van der Waals surface area contributed by atoms with E-state index in [0.29, 0.717) is 5.82 Å². The molecule has 3 heterocycles. The van der Waals surface area contributed by atoms with Gasteiger partial charge in [-0.3, -0.25) is 4.98 Å². The van der Waals surface area contributed by atoms with Gasteiger partial charge in [-0.1, -0.05) is 182 Å². The highest BCUT2D eigenvalue weighted by Crippen LogP contribution is 2.66. The third kappa shape index (κ3) is 5.39. The summed E-state index contributed by atoms with van der Waals surface area (Å²) in [4.78, 5) is 22.1. The number of aromatic nitrogens is 4. The van der Waals surface area contributed by atoms with Crippen molar-refractivity contribution in [2.24, 2.45) is 5.92 Å². The number of hydrogen-bond donors (Lipinski definition) is 0. The van der Waals surface area contributed by atoms with E-state index >= 15 is 0 Å². The molecule has 0 N–H and O–H groups in total. The van der Waals surface area contributed by atoms with Crippen molar-refractivity contribution in [1.29, 1.82) is 0 Å². The van der Waals surface area contributed by atoms with E-state index in [0.717, 1.165) is 45.8 Å². The number of benzene rings is 6. The molecule has 3 aliphatic carbocycles. The molecular weight excluding hydrogens is 749 g/mol. The topological polar surface area (TPSA) is 51.6 Å². The first-order valence-electron chi connectivity index (χ1n) is 20.7. The first-order valence-corrected chi connectivity index (χ1v) is 21.6. The summed E-state index contributed by atoms with van der Waals surface area (Å²) in [6.45, 7) is 0. The summed E-state index contributed by atoms with van der Waals surface area (Å²) in [5.41, 5.74) is 12.8. The van der Waals surface area contributed by atoms with E-state index in [4.69, 9.17) is 19.9 Å². The third-order valence-corrected chi connectivity index (χ3v) is 14.3. The summed E-state index contributed by atoms with van der Waals surface area (Å²) in [6, 6.07) is 55.0. The Morgan fingerprint density at radius 1 is 0.550 bits per heavy atom. The van der Waals surface area contributed by atoms with Gasteiger partial charge in [-0.2, -0.15) is 0 Å². The number of fused-ring (bicyclic) bond motifs is 10. The van der Waals surface area contributed by atoms with Crippen molar-refractivity contribution >= 4 is 28.1 Å². The first-order chi connectivity index (χ1) is 29.8. The molecular formula is C55H38N4S. The fourth-order valence-electron chi connectivity index (χ4n) is 10.2. The van der Waals surface area contributed by atoms with E-state index in [-0.39, 0.29) is 17.1 Å². The van der Waals surface area contributed by atoms with Crippen LogP contribution in [0.2, 0.25) is 0 Å². The number of thioether (sulfide) groups is 1. The highest BCUT2D eigenvalue weighted by atomic mass is 32.2. The minimum Gasteiger partial charge on any atom is -0.256 e. The molecule has 284 valence electrons. The van der Waals surface area contributed by atoms with Gasteiger partial charge in [-0.25, -0.2) is 15.0 Å². The van der Waals surface area contributed by atoms with Crippen LogP contribution in [-0.2, 0) is 5.41 Å². The Kier molecular flexibility index (Phi) is 8.24. The Balaban J connectivity index is 1.09. The van der Waals surface area contributed by atoms with Crippen LogP contribution in [0.1, 0.15) is 40.7 Å². The summed E-state index contributed by atoms with van der Waals surface area (Å²) >= 11 is 1.96. The molecule has 2 aromatic heterocycles. The Morgan fingerprint density at radius 3 is 2.08 bits per heavy atom. The Labute approximate surface area is 353 Å². The molecule has 0 amide bonds. The van der Waals surface area contributed by atoms with E-state index in [1.165, 1.54) is 49.2 Å². The second-order valence-electron chi connectivity index (χ2n) is 16.0. The molecule has 12 rings (SSSR count). The lowest BCUT2D eigenvalue weighted by Gasteiger charge is -2.49. The van der Waals surface area contributed by atoms with Crippen LogP contribution < -0.4 is 0 Å². The first kappa shape index (κ1) is 35.0. The lowest BCUT2D eigenvalue weighted by Crippen LogP contribution is -2.45. The van der Waals surface area contributed by atoms with Gasteiger partial charge < -0.3 is 0 Å². The van der Waals surface area contributed by atoms with Crippen molar-refractivity contribution in [3.63, 3.8) is 0 Å². The van der Waals surface area contributed by atoms with Gasteiger partial charge in [-0.15, -0.1) is 11.8 Å². The normalized spacial score (nSPS) is 19.1. The summed E-state index contributed by atoms with van der Waals surface area (Å²) in [5, 5.41) is 2.33. The maximum Gasteiger partial charge on any atom is 0.163 e. The molecule has 0 radical (unpaired) electrons. The van der Waals surface area contributed by atoms with Crippen molar-refractivity contribution in [3.8, 4) is 44.9 Å². The molecule has 1 spiro atoms. The molecule has 4 nitrogen and oxygen atoms in total. The van der Waals surface area contributed by atoms with Gasteiger partial charge in [0.2, 0.25) is 0 Å². The standard InChI is InChI=1S/C55H38N4S/c1-3-17-36(18-4-1)52-57-53(37-19-5-2-6-20-37)59-54(58-52)44-27-15-31-48-51(44)60-50-41(38-21-13-22-39(34-38)49-40-23-8-7-16-35(40)32-33-56-49)26-14-30-47(50)55(48)45-28-11-9-24-42(45)43-25-10-12-29-46(43)55/h1-19,21-34,37,48,51H,20H2. The van der Waals surface area contributed by atoms with E-state index in [1.54, 1.807) is 0 Å². The predicted octanol–water partition coefficient (Wildman–Crippen LogP) is 13.1. The molecule has 60 heavy (non-hydrogen) atoms.